The molecule has 18 heavy (non-hydrogen) atoms. The van der Waals surface area contributed by atoms with Crippen LogP contribution in [0.5, 0.6) is 0 Å². The molecule has 0 aliphatic carbocycles. The third-order valence-corrected chi connectivity index (χ3v) is 2.82. The number of rotatable bonds is 6. The molecule has 1 amide bonds. The maximum Gasteiger partial charge on any atom is 0.244 e. The zero-order valence-corrected chi connectivity index (χ0v) is 11.5. The Bertz CT molecular complexity index is 390. The smallest absolute Gasteiger partial charge is 0.244 e. The normalized spacial score (nSPS) is 11.8. The number of anilines is 2. The summed E-state index contributed by atoms with van der Waals surface area (Å²) < 4.78 is 0. The number of amides is 1. The summed E-state index contributed by atoms with van der Waals surface area (Å²) in [6.45, 7) is 7.27. The number of likely N-dealkylation sites (N-methyl/N-ethyl adjacent to an activating group) is 1. The average Bonchev–Trinajstić information content (AvgIpc) is 2.40. The molecular weight excluding hydrogens is 228 g/mol. The van der Waals surface area contributed by atoms with Crippen LogP contribution in [0.1, 0.15) is 20.8 Å². The van der Waals surface area contributed by atoms with Crippen LogP contribution in [0.2, 0.25) is 0 Å². The lowest BCUT2D eigenvalue weighted by Gasteiger charge is -2.23. The van der Waals surface area contributed by atoms with Crippen molar-refractivity contribution in [1.29, 1.82) is 0 Å². The maximum atomic E-state index is 12.1. The minimum Gasteiger partial charge on any atom is -0.373 e. The van der Waals surface area contributed by atoms with Gasteiger partial charge in [0.2, 0.25) is 5.91 Å². The van der Waals surface area contributed by atoms with Crippen LogP contribution >= 0.6 is 0 Å². The number of hydrogen-bond donors (Lipinski definition) is 2. The molecule has 0 spiro atoms. The zero-order valence-electron chi connectivity index (χ0n) is 11.5. The monoisotopic (exact) mass is 250 g/mol. The third kappa shape index (κ3) is 3.61. The predicted octanol–water partition coefficient (Wildman–Crippen LogP) is 1.79. The van der Waals surface area contributed by atoms with Gasteiger partial charge in [0.25, 0.3) is 0 Å². The van der Waals surface area contributed by atoms with E-state index in [0.717, 1.165) is 18.9 Å². The van der Waals surface area contributed by atoms with Crippen molar-refractivity contribution in [2.75, 3.05) is 30.8 Å². The van der Waals surface area contributed by atoms with E-state index >= 15 is 0 Å². The van der Waals surface area contributed by atoms with Gasteiger partial charge in [-0.25, -0.2) is 4.98 Å². The van der Waals surface area contributed by atoms with Gasteiger partial charge in [-0.15, -0.1) is 0 Å². The van der Waals surface area contributed by atoms with Crippen molar-refractivity contribution in [1.82, 2.24) is 9.88 Å². The number of nitrogens with zero attached hydrogens (tertiary/aromatic N) is 2. The van der Waals surface area contributed by atoms with Gasteiger partial charge in [-0.1, -0.05) is 6.07 Å². The van der Waals surface area contributed by atoms with Gasteiger partial charge in [-0.3, -0.25) is 4.79 Å². The van der Waals surface area contributed by atoms with Crippen molar-refractivity contribution >= 4 is 17.5 Å². The van der Waals surface area contributed by atoms with Crippen LogP contribution in [0, 0.1) is 0 Å². The topological polar surface area (TPSA) is 57.3 Å². The van der Waals surface area contributed by atoms with E-state index in [1.54, 1.807) is 4.90 Å². The summed E-state index contributed by atoms with van der Waals surface area (Å²) in [4.78, 5) is 18.2. The first-order valence-corrected chi connectivity index (χ1v) is 6.32. The molecule has 1 aromatic heterocycles. The highest BCUT2D eigenvalue weighted by atomic mass is 16.2. The highest BCUT2D eigenvalue weighted by molar-refractivity contribution is 5.84. The summed E-state index contributed by atoms with van der Waals surface area (Å²) in [6, 6.07) is 5.36. The lowest BCUT2D eigenvalue weighted by molar-refractivity contribution is -0.131. The van der Waals surface area contributed by atoms with Gasteiger partial charge in [0.1, 0.15) is 17.7 Å². The fourth-order valence-corrected chi connectivity index (χ4v) is 1.75. The van der Waals surface area contributed by atoms with Crippen molar-refractivity contribution in [2.45, 2.75) is 26.8 Å². The Kier molecular flexibility index (Phi) is 5.42. The molecule has 0 fully saturated rings. The van der Waals surface area contributed by atoms with Crippen LogP contribution in [0.4, 0.5) is 11.6 Å². The molecule has 100 valence electrons. The van der Waals surface area contributed by atoms with Crippen molar-refractivity contribution in [3.63, 3.8) is 0 Å². The number of carbonyl (C=O) groups excluding carboxylic acids is 1. The van der Waals surface area contributed by atoms with E-state index in [0.29, 0.717) is 5.82 Å². The summed E-state index contributed by atoms with van der Waals surface area (Å²) >= 11 is 0. The number of hydrogen-bond acceptors (Lipinski definition) is 4. The zero-order chi connectivity index (χ0) is 13.5. The molecule has 1 atom stereocenters. The predicted molar refractivity (Wildman–Crippen MR) is 74.8 cm³/mol. The molecule has 1 heterocycles. The second kappa shape index (κ2) is 6.83. The van der Waals surface area contributed by atoms with Crippen LogP contribution in [-0.4, -0.2) is 42.0 Å². The quantitative estimate of drug-likeness (QED) is 0.808. The third-order valence-electron chi connectivity index (χ3n) is 2.82. The highest BCUT2D eigenvalue weighted by Gasteiger charge is 2.18. The molecule has 1 aromatic rings. The van der Waals surface area contributed by atoms with Gasteiger partial charge < -0.3 is 15.5 Å². The van der Waals surface area contributed by atoms with E-state index in [1.807, 2.05) is 46.0 Å². The lowest BCUT2D eigenvalue weighted by Crippen LogP contribution is -2.41. The second-order valence-electron chi connectivity index (χ2n) is 4.03. The first-order valence-electron chi connectivity index (χ1n) is 6.32. The Balaban J connectivity index is 2.68. The van der Waals surface area contributed by atoms with Crippen LogP contribution in [0.25, 0.3) is 0 Å². The molecule has 2 N–H and O–H groups in total. The molecular formula is C13H22N4O. The number of aromatic nitrogens is 1. The summed E-state index contributed by atoms with van der Waals surface area (Å²) in [5.41, 5.74) is 0. The van der Waals surface area contributed by atoms with Gasteiger partial charge >= 0.3 is 0 Å². The Hall–Kier alpha value is -1.78. The van der Waals surface area contributed by atoms with E-state index in [9.17, 15) is 4.79 Å². The fraction of sp³-hybridized carbons (Fsp3) is 0.538. The van der Waals surface area contributed by atoms with E-state index in [4.69, 9.17) is 0 Å². The summed E-state index contributed by atoms with van der Waals surface area (Å²) in [5.74, 6) is 1.58. The van der Waals surface area contributed by atoms with E-state index < -0.39 is 0 Å². The van der Waals surface area contributed by atoms with Crippen LogP contribution in [0.3, 0.4) is 0 Å². The molecule has 0 aromatic carbocycles. The van der Waals surface area contributed by atoms with Gasteiger partial charge in [-0.05, 0) is 32.9 Å². The number of nitrogens with one attached hydrogen (secondary N) is 2. The average molecular weight is 250 g/mol. The lowest BCUT2D eigenvalue weighted by atomic mass is 10.2. The van der Waals surface area contributed by atoms with Gasteiger partial charge in [-0.2, -0.15) is 0 Å². The second-order valence-corrected chi connectivity index (χ2v) is 4.03. The highest BCUT2D eigenvalue weighted by Crippen LogP contribution is 2.10. The molecule has 5 nitrogen and oxygen atoms in total. The van der Waals surface area contributed by atoms with E-state index in [2.05, 4.69) is 15.6 Å². The minimum atomic E-state index is -0.274. The Morgan fingerprint density at radius 1 is 1.33 bits per heavy atom. The first kappa shape index (κ1) is 14.3. The van der Waals surface area contributed by atoms with Crippen molar-refractivity contribution in [2.24, 2.45) is 0 Å². The maximum absolute atomic E-state index is 12.1. The minimum absolute atomic E-state index is 0.0941. The van der Waals surface area contributed by atoms with Crippen molar-refractivity contribution in [3.05, 3.63) is 18.2 Å². The SMILES string of the molecule is CCN(CC)C(=O)C(C)Nc1cccc(NC)n1. The molecule has 0 aliphatic rings. The standard InChI is InChI=1S/C13H22N4O/c1-5-17(6-2)13(18)10(3)15-12-9-7-8-11(14-4)16-12/h7-10H,5-6H2,1-4H3,(H2,14,15,16). The van der Waals surface area contributed by atoms with Gasteiger partial charge in [0.05, 0.1) is 0 Å². The fourth-order valence-electron chi connectivity index (χ4n) is 1.75. The Morgan fingerprint density at radius 3 is 2.50 bits per heavy atom. The molecule has 5 heteroatoms. The molecule has 0 radical (unpaired) electrons. The molecule has 1 unspecified atom stereocenters. The van der Waals surface area contributed by atoms with Crippen molar-refractivity contribution in [3.8, 4) is 0 Å². The Morgan fingerprint density at radius 2 is 1.94 bits per heavy atom. The summed E-state index contributed by atoms with van der Waals surface area (Å²) in [6.07, 6.45) is 0. The largest absolute Gasteiger partial charge is 0.373 e. The first-order chi connectivity index (χ1) is 8.62. The van der Waals surface area contributed by atoms with E-state index in [-0.39, 0.29) is 11.9 Å². The van der Waals surface area contributed by atoms with Crippen LogP contribution in [0.15, 0.2) is 18.2 Å². The molecule has 1 rings (SSSR count). The number of carbonyl (C=O) groups is 1. The summed E-state index contributed by atoms with van der Waals surface area (Å²) in [5, 5.41) is 6.09. The van der Waals surface area contributed by atoms with Crippen LogP contribution < -0.4 is 10.6 Å². The molecule has 0 saturated heterocycles. The Labute approximate surface area is 109 Å². The summed E-state index contributed by atoms with van der Waals surface area (Å²) in [7, 11) is 1.82. The molecule has 0 saturated carbocycles. The van der Waals surface area contributed by atoms with Crippen molar-refractivity contribution < 1.29 is 4.79 Å². The molecule has 0 aliphatic heterocycles. The molecule has 0 bridgehead atoms. The van der Waals surface area contributed by atoms with Gasteiger partial charge in [0, 0.05) is 20.1 Å². The van der Waals surface area contributed by atoms with Crippen LogP contribution in [-0.2, 0) is 4.79 Å². The van der Waals surface area contributed by atoms with Gasteiger partial charge in [0.15, 0.2) is 0 Å². The number of pyridine rings is 1. The van der Waals surface area contributed by atoms with E-state index in [1.165, 1.54) is 0 Å².